The van der Waals surface area contributed by atoms with Gasteiger partial charge in [0.15, 0.2) is 0 Å². The molecule has 0 unspecified atom stereocenters. The van der Waals surface area contributed by atoms with Gasteiger partial charge in [-0.25, -0.2) is 18.6 Å². The minimum atomic E-state index is -4.94. The highest BCUT2D eigenvalue weighted by atomic mass is 35.7. The molecule has 0 aromatic rings. The van der Waals surface area contributed by atoms with E-state index in [-0.39, 0.29) is 0 Å². The molecule has 5 nitrogen and oxygen atoms in total. The van der Waals surface area contributed by atoms with E-state index in [4.69, 9.17) is 18.6 Å². The molecule has 0 aliphatic rings. The van der Waals surface area contributed by atoms with Crippen LogP contribution in [0, 0.1) is 10.2 Å². The molecule has 0 amide bonds. The van der Waals surface area contributed by atoms with Crippen molar-refractivity contribution in [2.45, 2.75) is 0 Å². The molecule has 0 aromatic heterocycles. The fraction of sp³-hybridized carbons (Fsp3) is 0.500. The van der Waals surface area contributed by atoms with Gasteiger partial charge in [0.25, 0.3) is 0 Å². The summed E-state index contributed by atoms with van der Waals surface area (Å²) in [4.78, 5) is 0. The van der Waals surface area contributed by atoms with Crippen LogP contribution in [0.2, 0.25) is 0 Å². The molecule has 0 bridgehead atoms. The van der Waals surface area contributed by atoms with Crippen molar-refractivity contribution in [1.29, 1.82) is 0 Å². The molecule has 0 atom stereocenters. The van der Waals surface area contributed by atoms with Crippen LogP contribution in [0.5, 0.6) is 0 Å². The maximum absolute atomic E-state index is 8.49. The van der Waals surface area contributed by atoms with E-state index >= 15 is 0 Å². The predicted octanol–water partition coefficient (Wildman–Crippen LogP) is -3.32. The molecule has 14 heavy (non-hydrogen) atoms. The number of likely N-dealkylation sites (N-methyl/N-ethyl adjacent to an activating group) is 1. The smallest absolute Gasteiger partial charge is 0.0969 e. The zero-order valence-corrected chi connectivity index (χ0v) is 9.20. The number of hydrogen-bond acceptors (Lipinski definition) is 4. The Labute approximate surface area is 86.5 Å². The maximum atomic E-state index is 8.49. The maximum Gasteiger partial charge on any atom is 0.0969 e. The zero-order chi connectivity index (χ0) is 11.8. The lowest BCUT2D eigenvalue weighted by molar-refractivity contribution is -2.00. The average molecular weight is 226 g/mol. The summed E-state index contributed by atoms with van der Waals surface area (Å²) in [6.07, 6.45) is 3.87. The first-order valence-electron chi connectivity index (χ1n) is 3.78. The SMILES string of the molecule is C=CC[N+](C)(C)CC=C.[O-][Cl+3]([O-])([O-])[O-]. The van der Waals surface area contributed by atoms with E-state index in [2.05, 4.69) is 27.3 Å². The molecule has 0 spiro atoms. The van der Waals surface area contributed by atoms with Gasteiger partial charge in [-0.15, -0.1) is 10.2 Å². The second kappa shape index (κ2) is 6.94. The summed E-state index contributed by atoms with van der Waals surface area (Å²) in [5, 5.41) is 0. The molecule has 0 radical (unpaired) electrons. The third kappa shape index (κ3) is 22.6. The van der Waals surface area contributed by atoms with Crippen molar-refractivity contribution in [2.75, 3.05) is 27.2 Å². The van der Waals surface area contributed by atoms with Gasteiger partial charge in [0, 0.05) is 0 Å². The van der Waals surface area contributed by atoms with E-state index in [0.717, 1.165) is 17.6 Å². The summed E-state index contributed by atoms with van der Waals surface area (Å²) in [5.41, 5.74) is 0. The number of nitrogens with zero attached hydrogens (tertiary/aromatic N) is 1. The second-order valence-electron chi connectivity index (χ2n) is 3.26. The van der Waals surface area contributed by atoms with Crippen molar-refractivity contribution in [1.82, 2.24) is 0 Å². The van der Waals surface area contributed by atoms with Crippen molar-refractivity contribution >= 4 is 0 Å². The van der Waals surface area contributed by atoms with Gasteiger partial charge in [-0.05, 0) is 12.2 Å². The number of rotatable bonds is 4. The van der Waals surface area contributed by atoms with Gasteiger partial charge in [-0.2, -0.15) is 0 Å². The minimum absolute atomic E-state index is 0.951. The summed E-state index contributed by atoms with van der Waals surface area (Å²) >= 11 is 0. The highest BCUT2D eigenvalue weighted by molar-refractivity contribution is 4.69. The topological polar surface area (TPSA) is 92.2 Å². The average Bonchev–Trinajstić information content (AvgIpc) is 1.81. The van der Waals surface area contributed by atoms with Crippen molar-refractivity contribution in [2.24, 2.45) is 0 Å². The number of hydrogen-bond donors (Lipinski definition) is 0. The van der Waals surface area contributed by atoms with Crippen LogP contribution in [0.15, 0.2) is 25.3 Å². The molecular weight excluding hydrogens is 210 g/mol. The summed E-state index contributed by atoms with van der Waals surface area (Å²) in [5.74, 6) is 0. The lowest BCUT2D eigenvalue weighted by Gasteiger charge is -2.26. The van der Waals surface area contributed by atoms with Gasteiger partial charge in [-0.3, -0.25) is 0 Å². The molecule has 0 aliphatic heterocycles. The first-order valence-corrected chi connectivity index (χ1v) is 5.01. The van der Waals surface area contributed by atoms with E-state index < -0.39 is 10.2 Å². The van der Waals surface area contributed by atoms with Gasteiger partial charge >= 0.3 is 0 Å². The fourth-order valence-corrected chi connectivity index (χ4v) is 0.774. The Morgan fingerprint density at radius 2 is 1.21 bits per heavy atom. The molecule has 6 heteroatoms. The molecular formula is C8H16ClNO4. The Hall–Kier alpha value is -0.430. The number of halogens is 1. The molecule has 0 rings (SSSR count). The van der Waals surface area contributed by atoms with E-state index in [0.29, 0.717) is 0 Å². The first kappa shape index (κ1) is 16.0. The van der Waals surface area contributed by atoms with Crippen LogP contribution >= 0.6 is 0 Å². The van der Waals surface area contributed by atoms with Crippen molar-refractivity contribution in [3.63, 3.8) is 0 Å². The molecule has 0 heterocycles. The van der Waals surface area contributed by atoms with Crippen LogP contribution in [0.25, 0.3) is 0 Å². The van der Waals surface area contributed by atoms with E-state index in [1.807, 2.05) is 12.2 Å². The lowest BCUT2D eigenvalue weighted by Crippen LogP contribution is -2.68. The highest BCUT2D eigenvalue weighted by Gasteiger charge is 2.07. The molecule has 0 saturated carbocycles. The van der Waals surface area contributed by atoms with E-state index in [1.165, 1.54) is 0 Å². The summed E-state index contributed by atoms with van der Waals surface area (Å²) in [6.45, 7) is 9.37. The number of quaternary nitrogens is 1. The van der Waals surface area contributed by atoms with Crippen LogP contribution < -0.4 is 18.6 Å². The molecule has 0 fully saturated rings. The monoisotopic (exact) mass is 225 g/mol. The normalized spacial score (nSPS) is 11.3. The second-order valence-corrected chi connectivity index (χ2v) is 4.01. The summed E-state index contributed by atoms with van der Waals surface area (Å²) < 4.78 is 34.9. The molecule has 0 aliphatic carbocycles. The van der Waals surface area contributed by atoms with Gasteiger partial charge in [0.05, 0.1) is 27.2 Å². The standard InChI is InChI=1S/C8H16N.ClHO4/c1-5-7-9(3,4)8-6-2;2-1(3,4)5/h5-6H,1-2,7-8H2,3-4H3;(H,2,3,4,5)/q+1;/p-1. The van der Waals surface area contributed by atoms with Crippen LogP contribution in [-0.2, 0) is 0 Å². The quantitative estimate of drug-likeness (QED) is 0.370. The van der Waals surface area contributed by atoms with Crippen LogP contribution in [0.4, 0.5) is 0 Å². The zero-order valence-electron chi connectivity index (χ0n) is 8.44. The van der Waals surface area contributed by atoms with E-state index in [1.54, 1.807) is 0 Å². The van der Waals surface area contributed by atoms with Crippen molar-refractivity contribution in [3.8, 4) is 0 Å². The summed E-state index contributed by atoms with van der Waals surface area (Å²) in [6, 6.07) is 0. The van der Waals surface area contributed by atoms with Crippen LogP contribution in [0.3, 0.4) is 0 Å². The van der Waals surface area contributed by atoms with Gasteiger partial charge in [-0.1, -0.05) is 13.2 Å². The minimum Gasteiger partial charge on any atom is -0.322 e. The molecule has 0 aromatic carbocycles. The Balaban J connectivity index is 0. The van der Waals surface area contributed by atoms with Crippen molar-refractivity contribution < 1.29 is 33.4 Å². The Kier molecular flexibility index (Phi) is 7.94. The van der Waals surface area contributed by atoms with Crippen LogP contribution in [-0.4, -0.2) is 31.7 Å². The summed E-state index contributed by atoms with van der Waals surface area (Å²) in [7, 11) is -0.632. The third-order valence-electron chi connectivity index (χ3n) is 1.25. The van der Waals surface area contributed by atoms with E-state index in [9.17, 15) is 0 Å². The first-order chi connectivity index (χ1) is 6.12. The van der Waals surface area contributed by atoms with Crippen LogP contribution in [0.1, 0.15) is 0 Å². The molecule has 0 N–H and O–H groups in total. The van der Waals surface area contributed by atoms with Gasteiger partial charge in [0.1, 0.15) is 0 Å². The third-order valence-corrected chi connectivity index (χ3v) is 1.25. The predicted molar refractivity (Wildman–Crippen MR) is 42.2 cm³/mol. The Bertz CT molecular complexity index is 159. The largest absolute Gasteiger partial charge is 0.322 e. The Morgan fingerprint density at radius 1 is 1.00 bits per heavy atom. The Morgan fingerprint density at radius 3 is 1.36 bits per heavy atom. The van der Waals surface area contributed by atoms with Crippen molar-refractivity contribution in [3.05, 3.63) is 25.3 Å². The lowest BCUT2D eigenvalue weighted by atomic mass is 10.4. The highest BCUT2D eigenvalue weighted by Crippen LogP contribution is 1.95. The van der Waals surface area contributed by atoms with Gasteiger partial charge < -0.3 is 4.48 Å². The van der Waals surface area contributed by atoms with Gasteiger partial charge in [0.2, 0.25) is 0 Å². The molecule has 84 valence electrons. The fourth-order valence-electron chi connectivity index (χ4n) is 0.774. The molecule has 0 saturated heterocycles.